The highest BCUT2D eigenvalue weighted by atomic mass is 16.5. The first-order chi connectivity index (χ1) is 7.66. The van der Waals surface area contributed by atoms with Crippen LogP contribution in [0, 0.1) is 5.92 Å². The van der Waals surface area contributed by atoms with Gasteiger partial charge in [-0.05, 0) is 25.2 Å². The van der Waals surface area contributed by atoms with E-state index in [4.69, 9.17) is 4.74 Å². The molecule has 1 N–H and O–H groups in total. The lowest BCUT2D eigenvalue weighted by Gasteiger charge is -2.28. The van der Waals surface area contributed by atoms with Crippen LogP contribution in [0.5, 0.6) is 0 Å². The van der Waals surface area contributed by atoms with Crippen molar-refractivity contribution in [2.75, 3.05) is 6.67 Å². The fourth-order valence-electron chi connectivity index (χ4n) is 3.28. The topological polar surface area (TPSA) is 41.6 Å². The predicted molar refractivity (Wildman–Crippen MR) is 59.8 cm³/mol. The molecule has 16 heavy (non-hydrogen) atoms. The van der Waals surface area contributed by atoms with E-state index < -0.39 is 0 Å². The Kier molecular flexibility index (Phi) is 2.44. The fourth-order valence-corrected chi connectivity index (χ4v) is 3.28. The Hall–Kier alpha value is -0.610. The van der Waals surface area contributed by atoms with E-state index in [1.165, 1.54) is 6.42 Å². The molecule has 1 amide bonds. The summed E-state index contributed by atoms with van der Waals surface area (Å²) in [6, 6.07) is 0.349. The maximum absolute atomic E-state index is 12.2. The molecule has 3 rings (SSSR count). The molecule has 0 radical (unpaired) electrons. The molecule has 4 heteroatoms. The Morgan fingerprint density at radius 2 is 2.25 bits per heavy atom. The van der Waals surface area contributed by atoms with Crippen LogP contribution in [0.15, 0.2) is 0 Å². The van der Waals surface area contributed by atoms with E-state index in [9.17, 15) is 4.79 Å². The van der Waals surface area contributed by atoms with Crippen LogP contribution >= 0.6 is 0 Å². The SMILES string of the molecule is CC(C)C1NCN(C2CC3CCC2O3)C1=O. The van der Waals surface area contributed by atoms with Gasteiger partial charge in [-0.3, -0.25) is 10.1 Å². The molecular weight excluding hydrogens is 204 g/mol. The molecule has 3 fully saturated rings. The second-order valence-electron chi connectivity index (χ2n) is 5.57. The summed E-state index contributed by atoms with van der Waals surface area (Å²) in [7, 11) is 0. The van der Waals surface area contributed by atoms with Gasteiger partial charge in [0.2, 0.25) is 5.91 Å². The van der Waals surface area contributed by atoms with Crippen molar-refractivity contribution in [1.29, 1.82) is 0 Å². The minimum atomic E-state index is 0.0131. The standard InChI is InChI=1S/C12H20N2O2/c1-7(2)11-12(15)14(6-13-11)9-5-8-3-4-10(9)16-8/h7-11,13H,3-6H2,1-2H3. The number of hydrogen-bond donors (Lipinski definition) is 1. The van der Waals surface area contributed by atoms with Gasteiger partial charge in [0.25, 0.3) is 0 Å². The van der Waals surface area contributed by atoms with Crippen LogP contribution in [0.1, 0.15) is 33.1 Å². The number of hydrogen-bond acceptors (Lipinski definition) is 3. The summed E-state index contributed by atoms with van der Waals surface area (Å²) in [5.41, 5.74) is 0. The Labute approximate surface area is 96.3 Å². The first kappa shape index (κ1) is 10.5. The van der Waals surface area contributed by atoms with Crippen LogP contribution in [0.2, 0.25) is 0 Å². The molecule has 0 aliphatic carbocycles. The second kappa shape index (κ2) is 3.70. The lowest BCUT2D eigenvalue weighted by atomic mass is 9.94. The Morgan fingerprint density at radius 3 is 2.75 bits per heavy atom. The van der Waals surface area contributed by atoms with E-state index in [1.54, 1.807) is 0 Å². The van der Waals surface area contributed by atoms with Crippen LogP contribution in [0.25, 0.3) is 0 Å². The molecule has 3 saturated heterocycles. The second-order valence-corrected chi connectivity index (χ2v) is 5.57. The molecule has 3 aliphatic rings. The number of carbonyl (C=O) groups is 1. The largest absolute Gasteiger partial charge is 0.373 e. The maximum Gasteiger partial charge on any atom is 0.241 e. The average molecular weight is 224 g/mol. The number of amides is 1. The van der Waals surface area contributed by atoms with Gasteiger partial charge in [-0.2, -0.15) is 0 Å². The summed E-state index contributed by atoms with van der Waals surface area (Å²) in [4.78, 5) is 14.2. The minimum absolute atomic E-state index is 0.0131. The number of carbonyl (C=O) groups excluding carboxylic acids is 1. The third-order valence-corrected chi connectivity index (χ3v) is 4.17. The summed E-state index contributed by atoms with van der Waals surface area (Å²) < 4.78 is 5.82. The lowest BCUT2D eigenvalue weighted by Crippen LogP contribution is -2.44. The number of rotatable bonds is 2. The van der Waals surface area contributed by atoms with Crippen molar-refractivity contribution in [2.45, 2.75) is 57.4 Å². The summed E-state index contributed by atoms with van der Waals surface area (Å²) in [6.45, 7) is 4.89. The van der Waals surface area contributed by atoms with Crippen LogP contribution in [0.3, 0.4) is 0 Å². The number of nitrogens with zero attached hydrogens (tertiary/aromatic N) is 1. The van der Waals surface area contributed by atoms with Gasteiger partial charge < -0.3 is 9.64 Å². The zero-order chi connectivity index (χ0) is 11.3. The molecule has 4 unspecified atom stereocenters. The summed E-state index contributed by atoms with van der Waals surface area (Å²) in [5.74, 6) is 0.646. The van der Waals surface area contributed by atoms with Gasteiger partial charge in [0.05, 0.1) is 31.0 Å². The molecule has 0 aromatic heterocycles. The van der Waals surface area contributed by atoms with Crippen molar-refractivity contribution in [1.82, 2.24) is 10.2 Å². The monoisotopic (exact) mass is 224 g/mol. The van der Waals surface area contributed by atoms with E-state index >= 15 is 0 Å². The Balaban J connectivity index is 1.71. The summed E-state index contributed by atoms with van der Waals surface area (Å²) in [5, 5.41) is 3.31. The highest BCUT2D eigenvalue weighted by Gasteiger charge is 2.48. The van der Waals surface area contributed by atoms with Crippen LogP contribution in [-0.2, 0) is 9.53 Å². The van der Waals surface area contributed by atoms with Gasteiger partial charge in [-0.15, -0.1) is 0 Å². The first-order valence-electron chi connectivity index (χ1n) is 6.36. The molecule has 3 heterocycles. The van der Waals surface area contributed by atoms with Crippen molar-refractivity contribution in [3.63, 3.8) is 0 Å². The van der Waals surface area contributed by atoms with E-state index in [2.05, 4.69) is 19.2 Å². The van der Waals surface area contributed by atoms with Gasteiger partial charge in [0.1, 0.15) is 0 Å². The quantitative estimate of drug-likeness (QED) is 0.751. The zero-order valence-corrected chi connectivity index (χ0v) is 9.98. The highest BCUT2D eigenvalue weighted by Crippen LogP contribution is 2.38. The third-order valence-electron chi connectivity index (χ3n) is 4.17. The molecule has 0 aromatic carbocycles. The first-order valence-corrected chi connectivity index (χ1v) is 6.36. The van der Waals surface area contributed by atoms with Crippen molar-refractivity contribution in [3.05, 3.63) is 0 Å². The Bertz CT molecular complexity index is 305. The molecule has 0 spiro atoms. The van der Waals surface area contributed by atoms with Crippen molar-refractivity contribution >= 4 is 5.91 Å². The number of ether oxygens (including phenoxy) is 1. The van der Waals surface area contributed by atoms with Gasteiger partial charge in [-0.25, -0.2) is 0 Å². The summed E-state index contributed by atoms with van der Waals surface area (Å²) >= 11 is 0. The minimum Gasteiger partial charge on any atom is -0.373 e. The van der Waals surface area contributed by atoms with Crippen LogP contribution in [-0.4, -0.2) is 41.8 Å². The molecule has 0 saturated carbocycles. The molecule has 4 atom stereocenters. The van der Waals surface area contributed by atoms with Crippen molar-refractivity contribution in [2.24, 2.45) is 5.92 Å². The molecule has 4 nitrogen and oxygen atoms in total. The van der Waals surface area contributed by atoms with E-state index in [-0.39, 0.29) is 11.9 Å². The Morgan fingerprint density at radius 1 is 1.44 bits per heavy atom. The van der Waals surface area contributed by atoms with Gasteiger partial charge in [0, 0.05) is 0 Å². The van der Waals surface area contributed by atoms with E-state index in [1.807, 2.05) is 4.90 Å². The molecular formula is C12H20N2O2. The third kappa shape index (κ3) is 1.47. The highest BCUT2D eigenvalue weighted by molar-refractivity contribution is 5.84. The molecule has 2 bridgehead atoms. The molecule has 3 aliphatic heterocycles. The number of nitrogens with one attached hydrogen (secondary N) is 1. The molecule has 90 valence electrons. The van der Waals surface area contributed by atoms with E-state index in [0.717, 1.165) is 12.8 Å². The number of fused-ring (bicyclic) bond motifs is 2. The normalized spacial score (nSPS) is 42.7. The average Bonchev–Trinajstić information content (AvgIpc) is 2.90. The van der Waals surface area contributed by atoms with Gasteiger partial charge in [-0.1, -0.05) is 13.8 Å². The van der Waals surface area contributed by atoms with Crippen molar-refractivity contribution < 1.29 is 9.53 Å². The fraction of sp³-hybridized carbons (Fsp3) is 0.917. The van der Waals surface area contributed by atoms with Gasteiger partial charge in [0.15, 0.2) is 0 Å². The predicted octanol–water partition coefficient (Wildman–Crippen LogP) is 0.720. The van der Waals surface area contributed by atoms with Crippen LogP contribution < -0.4 is 5.32 Å². The van der Waals surface area contributed by atoms with Gasteiger partial charge >= 0.3 is 0 Å². The van der Waals surface area contributed by atoms with Crippen LogP contribution in [0.4, 0.5) is 0 Å². The zero-order valence-electron chi connectivity index (χ0n) is 9.98. The smallest absolute Gasteiger partial charge is 0.241 e. The maximum atomic E-state index is 12.2. The van der Waals surface area contributed by atoms with Crippen molar-refractivity contribution in [3.8, 4) is 0 Å². The summed E-state index contributed by atoms with van der Waals surface area (Å²) in [6.07, 6.45) is 4.08. The molecule has 0 aromatic rings. The van der Waals surface area contributed by atoms with E-state index in [0.29, 0.717) is 30.8 Å². The lowest BCUT2D eigenvalue weighted by molar-refractivity contribution is -0.132.